The van der Waals surface area contributed by atoms with E-state index in [0.717, 1.165) is 19.3 Å². The summed E-state index contributed by atoms with van der Waals surface area (Å²) in [7, 11) is -1.01. The third-order valence-electron chi connectivity index (χ3n) is 1.72. The highest BCUT2D eigenvalue weighted by molar-refractivity contribution is 7.91. The lowest BCUT2D eigenvalue weighted by Gasteiger charge is -2.02. The normalized spacial score (nSPS) is 11.8. The molecule has 0 amide bonds. The molecule has 0 bridgehead atoms. The maximum atomic E-state index is 11.2. The predicted molar refractivity (Wildman–Crippen MR) is 52.1 cm³/mol. The number of nitrogens with one attached hydrogen (secondary N) is 1. The molecule has 0 aliphatic heterocycles. The van der Waals surface area contributed by atoms with E-state index in [1.807, 2.05) is 0 Å². The first kappa shape index (κ1) is 11.9. The number of hydrogen-bond acceptors (Lipinski definition) is 3. The van der Waals surface area contributed by atoms with E-state index in [1.165, 1.54) is 0 Å². The summed E-state index contributed by atoms with van der Waals surface area (Å²) in [6, 6.07) is 0. The van der Waals surface area contributed by atoms with Gasteiger partial charge in [-0.15, -0.1) is 0 Å². The molecule has 74 valence electrons. The molecule has 0 saturated carbocycles. The molecule has 3 nitrogen and oxygen atoms in total. The first-order chi connectivity index (χ1) is 5.62. The van der Waals surface area contributed by atoms with Gasteiger partial charge in [0.1, 0.15) is 0 Å². The number of unbranched alkanes of at least 4 members (excludes halogenated alkanes) is 2. The third kappa shape index (κ3) is 6.61. The average molecular weight is 193 g/mol. The summed E-state index contributed by atoms with van der Waals surface area (Å²) in [6.07, 6.45) is 2.89. The summed E-state index contributed by atoms with van der Waals surface area (Å²) in [5, 5.41) is 2.84. The lowest BCUT2D eigenvalue weighted by atomic mass is 10.3. The van der Waals surface area contributed by atoms with Crippen LogP contribution in [0.25, 0.3) is 0 Å². The van der Waals surface area contributed by atoms with Crippen molar-refractivity contribution in [3.63, 3.8) is 0 Å². The molecule has 0 unspecified atom stereocenters. The molecule has 1 N–H and O–H groups in total. The fourth-order valence-corrected chi connectivity index (χ4v) is 2.29. The van der Waals surface area contributed by atoms with E-state index in [9.17, 15) is 8.42 Å². The van der Waals surface area contributed by atoms with Gasteiger partial charge in [0.25, 0.3) is 0 Å². The molecule has 0 rings (SSSR count). The Bertz CT molecular complexity index is 187. The van der Waals surface area contributed by atoms with Gasteiger partial charge in [0.2, 0.25) is 0 Å². The number of sulfone groups is 1. The molecule has 0 heterocycles. The second kappa shape index (κ2) is 6.43. The molecule has 0 aromatic heterocycles. The Morgan fingerprint density at radius 3 is 2.33 bits per heavy atom. The zero-order chi connectivity index (χ0) is 9.45. The summed E-state index contributed by atoms with van der Waals surface area (Å²) in [6.45, 7) is 2.63. The van der Waals surface area contributed by atoms with Gasteiger partial charge >= 0.3 is 0 Å². The highest BCUT2D eigenvalue weighted by atomic mass is 32.2. The van der Waals surface area contributed by atoms with Gasteiger partial charge < -0.3 is 5.32 Å². The van der Waals surface area contributed by atoms with Crippen molar-refractivity contribution in [2.45, 2.75) is 26.2 Å². The van der Waals surface area contributed by atoms with Crippen molar-refractivity contribution in [1.82, 2.24) is 5.32 Å². The van der Waals surface area contributed by atoms with Gasteiger partial charge in [-0.3, -0.25) is 0 Å². The second-order valence-electron chi connectivity index (χ2n) is 2.96. The molecule has 0 fully saturated rings. The van der Waals surface area contributed by atoms with Crippen LogP contribution in [0.3, 0.4) is 0 Å². The van der Waals surface area contributed by atoms with Gasteiger partial charge in [0.05, 0.1) is 11.5 Å². The van der Waals surface area contributed by atoms with E-state index < -0.39 is 9.84 Å². The Morgan fingerprint density at radius 2 is 1.83 bits per heavy atom. The lowest BCUT2D eigenvalue weighted by molar-refractivity contribution is 0.588. The smallest absolute Gasteiger partial charge is 0.151 e. The van der Waals surface area contributed by atoms with Crippen molar-refractivity contribution in [3.8, 4) is 0 Å². The van der Waals surface area contributed by atoms with Gasteiger partial charge in [0.15, 0.2) is 9.84 Å². The molecule has 0 aliphatic rings. The minimum atomic E-state index is -2.78. The summed E-state index contributed by atoms with van der Waals surface area (Å²) < 4.78 is 22.4. The molecule has 0 aromatic rings. The highest BCUT2D eigenvalue weighted by Crippen LogP contribution is 1.99. The largest absolute Gasteiger partial charge is 0.319 e. The molecule has 12 heavy (non-hydrogen) atoms. The van der Waals surface area contributed by atoms with Crippen LogP contribution in [0.15, 0.2) is 0 Å². The second-order valence-corrected chi connectivity index (χ2v) is 5.27. The monoisotopic (exact) mass is 193 g/mol. The van der Waals surface area contributed by atoms with E-state index >= 15 is 0 Å². The molecule has 4 heteroatoms. The standard InChI is InChI=1S/C8H19NO2S/c1-3-4-5-7-12(10,11)8-6-9-2/h9H,3-8H2,1-2H3. The molecule has 0 aromatic carbocycles. The van der Waals surface area contributed by atoms with Crippen molar-refractivity contribution in [2.24, 2.45) is 0 Å². The van der Waals surface area contributed by atoms with Crippen LogP contribution in [-0.4, -0.2) is 33.5 Å². The maximum Gasteiger partial charge on any atom is 0.151 e. The lowest BCUT2D eigenvalue weighted by Crippen LogP contribution is -2.21. The van der Waals surface area contributed by atoms with E-state index in [2.05, 4.69) is 12.2 Å². The number of rotatable bonds is 7. The SMILES string of the molecule is CCCCCS(=O)(=O)CCNC. The minimum Gasteiger partial charge on any atom is -0.319 e. The molecule has 0 atom stereocenters. The van der Waals surface area contributed by atoms with E-state index in [-0.39, 0.29) is 5.75 Å². The summed E-state index contributed by atoms with van der Waals surface area (Å²) in [4.78, 5) is 0. The average Bonchev–Trinajstić information content (AvgIpc) is 2.01. The third-order valence-corrected chi connectivity index (χ3v) is 3.46. The zero-order valence-electron chi connectivity index (χ0n) is 7.97. The van der Waals surface area contributed by atoms with Crippen LogP contribution in [0.4, 0.5) is 0 Å². The predicted octanol–water partition coefficient (Wildman–Crippen LogP) is 0.811. The first-order valence-corrected chi connectivity index (χ1v) is 6.29. The molecular weight excluding hydrogens is 174 g/mol. The van der Waals surface area contributed by atoms with Crippen LogP contribution in [-0.2, 0) is 9.84 Å². The van der Waals surface area contributed by atoms with Crippen molar-refractivity contribution in [2.75, 3.05) is 25.1 Å². The Balaban J connectivity index is 3.58. The Labute approximate surface area is 75.5 Å². The van der Waals surface area contributed by atoms with Crippen LogP contribution < -0.4 is 5.32 Å². The minimum absolute atomic E-state index is 0.271. The fourth-order valence-electron chi connectivity index (χ4n) is 0.932. The molecule has 0 aliphatic carbocycles. The van der Waals surface area contributed by atoms with Crippen molar-refractivity contribution < 1.29 is 8.42 Å². The van der Waals surface area contributed by atoms with E-state index in [0.29, 0.717) is 12.3 Å². The van der Waals surface area contributed by atoms with Crippen LogP contribution >= 0.6 is 0 Å². The summed E-state index contributed by atoms with van der Waals surface area (Å²) in [5.74, 6) is 0.621. The van der Waals surface area contributed by atoms with Gasteiger partial charge in [-0.2, -0.15) is 0 Å². The Kier molecular flexibility index (Phi) is 6.38. The molecule has 0 saturated heterocycles. The van der Waals surface area contributed by atoms with Gasteiger partial charge in [0, 0.05) is 6.54 Å². The first-order valence-electron chi connectivity index (χ1n) is 4.47. The van der Waals surface area contributed by atoms with Crippen LogP contribution in [0.1, 0.15) is 26.2 Å². The van der Waals surface area contributed by atoms with Gasteiger partial charge in [-0.05, 0) is 13.5 Å². The summed E-state index contributed by atoms with van der Waals surface area (Å²) in [5.41, 5.74) is 0. The zero-order valence-corrected chi connectivity index (χ0v) is 8.78. The Morgan fingerprint density at radius 1 is 1.17 bits per heavy atom. The van der Waals surface area contributed by atoms with Gasteiger partial charge in [-0.25, -0.2) is 8.42 Å². The van der Waals surface area contributed by atoms with E-state index in [1.54, 1.807) is 7.05 Å². The van der Waals surface area contributed by atoms with Crippen molar-refractivity contribution >= 4 is 9.84 Å². The van der Waals surface area contributed by atoms with Crippen LogP contribution in [0.5, 0.6) is 0 Å². The van der Waals surface area contributed by atoms with E-state index in [4.69, 9.17) is 0 Å². The van der Waals surface area contributed by atoms with Crippen LogP contribution in [0.2, 0.25) is 0 Å². The topological polar surface area (TPSA) is 46.2 Å². The fraction of sp³-hybridized carbons (Fsp3) is 1.00. The molecule has 0 radical (unpaired) electrons. The van der Waals surface area contributed by atoms with Gasteiger partial charge in [-0.1, -0.05) is 19.8 Å². The Hall–Kier alpha value is -0.0900. The summed E-state index contributed by atoms with van der Waals surface area (Å²) >= 11 is 0. The molecule has 0 spiro atoms. The molecular formula is C8H19NO2S. The maximum absolute atomic E-state index is 11.2. The highest BCUT2D eigenvalue weighted by Gasteiger charge is 2.08. The quantitative estimate of drug-likeness (QED) is 0.609. The number of hydrogen-bond donors (Lipinski definition) is 1. The van der Waals surface area contributed by atoms with Crippen molar-refractivity contribution in [1.29, 1.82) is 0 Å². The van der Waals surface area contributed by atoms with Crippen LogP contribution in [0, 0.1) is 0 Å². The van der Waals surface area contributed by atoms with Crippen molar-refractivity contribution in [3.05, 3.63) is 0 Å².